The van der Waals surface area contributed by atoms with Gasteiger partial charge in [-0.1, -0.05) is 30.3 Å². The molecule has 3 aromatic rings. The number of benzene rings is 2. The summed E-state index contributed by atoms with van der Waals surface area (Å²) in [5.74, 6) is -0.327. The van der Waals surface area contributed by atoms with Crippen LogP contribution >= 0.6 is 23.6 Å². The minimum Gasteiger partial charge on any atom is -0.462 e. The third-order valence-corrected chi connectivity index (χ3v) is 6.86. The summed E-state index contributed by atoms with van der Waals surface area (Å²) in [4.78, 5) is 28.3. The maximum absolute atomic E-state index is 12.9. The Balaban J connectivity index is 1.51. The van der Waals surface area contributed by atoms with Crippen LogP contribution in [0.25, 0.3) is 11.1 Å². The van der Waals surface area contributed by atoms with Crippen molar-refractivity contribution in [3.05, 3.63) is 70.6 Å². The first kappa shape index (κ1) is 23.9. The number of rotatable bonds is 6. The zero-order valence-electron chi connectivity index (χ0n) is 19.2. The molecule has 0 aliphatic carbocycles. The number of carbonyl (C=O) groups is 2. The Morgan fingerprint density at radius 1 is 1.03 bits per heavy atom. The quantitative estimate of drug-likeness (QED) is 0.327. The molecular formula is C26H27N3O3S2. The predicted molar refractivity (Wildman–Crippen MR) is 142 cm³/mol. The Hall–Kier alpha value is -3.23. The molecule has 1 saturated heterocycles. The summed E-state index contributed by atoms with van der Waals surface area (Å²) in [7, 11) is 0. The molecule has 4 rings (SSSR count). The molecule has 1 fully saturated rings. The first-order chi connectivity index (χ1) is 16.5. The van der Waals surface area contributed by atoms with Crippen molar-refractivity contribution < 1.29 is 14.3 Å². The maximum Gasteiger partial charge on any atom is 0.341 e. The van der Waals surface area contributed by atoms with Crippen LogP contribution in [-0.2, 0) is 4.74 Å². The number of thiophene rings is 1. The van der Waals surface area contributed by atoms with E-state index in [9.17, 15) is 9.59 Å². The summed E-state index contributed by atoms with van der Waals surface area (Å²) < 4.78 is 5.35. The summed E-state index contributed by atoms with van der Waals surface area (Å²) in [5.41, 5.74) is 3.69. The number of aryl methyl sites for hydroxylation is 1. The summed E-state index contributed by atoms with van der Waals surface area (Å²) in [6.07, 6.45) is 2.13. The molecule has 1 aliphatic rings. The average molecular weight is 494 g/mol. The third kappa shape index (κ3) is 5.29. The van der Waals surface area contributed by atoms with Gasteiger partial charge in [0.05, 0.1) is 6.61 Å². The summed E-state index contributed by atoms with van der Waals surface area (Å²) in [6.45, 7) is 5.69. The van der Waals surface area contributed by atoms with Crippen LogP contribution in [0, 0.1) is 6.92 Å². The van der Waals surface area contributed by atoms with Crippen molar-refractivity contribution in [1.29, 1.82) is 0 Å². The monoisotopic (exact) mass is 493 g/mol. The van der Waals surface area contributed by atoms with Crippen LogP contribution in [0.2, 0.25) is 0 Å². The van der Waals surface area contributed by atoms with Crippen molar-refractivity contribution in [2.24, 2.45) is 0 Å². The molecule has 176 valence electrons. The van der Waals surface area contributed by atoms with E-state index >= 15 is 0 Å². The fourth-order valence-corrected chi connectivity index (χ4v) is 5.40. The molecule has 0 saturated carbocycles. The number of amides is 1. The Kier molecular flexibility index (Phi) is 7.59. The van der Waals surface area contributed by atoms with Gasteiger partial charge in [-0.25, -0.2) is 4.79 Å². The Bertz CT molecular complexity index is 1180. The standard InChI is InChI=1S/C26H27N3O3S2/c1-3-32-25(31)22-21(18-9-5-4-6-10-18)17(2)34-23(22)28-26(33)27-20-13-11-19(12-14-20)24(30)29-15-7-8-16-29/h4-6,9-14H,3,7-8,15-16H2,1-2H3,(H2,27,28,33). The molecule has 0 bridgehead atoms. The molecule has 0 radical (unpaired) electrons. The third-order valence-electron chi connectivity index (χ3n) is 5.64. The molecule has 1 aliphatic heterocycles. The topological polar surface area (TPSA) is 70.7 Å². The van der Waals surface area contributed by atoms with Gasteiger partial charge in [-0.15, -0.1) is 11.3 Å². The number of esters is 1. The van der Waals surface area contributed by atoms with Crippen molar-refractivity contribution in [3.8, 4) is 11.1 Å². The fraction of sp³-hybridized carbons (Fsp3) is 0.269. The molecule has 0 atom stereocenters. The van der Waals surface area contributed by atoms with Crippen molar-refractivity contribution in [2.75, 3.05) is 30.3 Å². The normalized spacial score (nSPS) is 12.9. The number of anilines is 2. The van der Waals surface area contributed by atoms with Gasteiger partial charge in [0.1, 0.15) is 10.6 Å². The number of carbonyl (C=O) groups excluding carboxylic acids is 2. The van der Waals surface area contributed by atoms with E-state index in [0.29, 0.717) is 21.2 Å². The van der Waals surface area contributed by atoms with Gasteiger partial charge < -0.3 is 20.3 Å². The van der Waals surface area contributed by atoms with Crippen LogP contribution < -0.4 is 10.6 Å². The van der Waals surface area contributed by atoms with Crippen molar-refractivity contribution in [3.63, 3.8) is 0 Å². The Morgan fingerprint density at radius 2 is 1.71 bits per heavy atom. The number of hydrogen-bond donors (Lipinski definition) is 2. The zero-order chi connectivity index (χ0) is 24.1. The molecule has 6 nitrogen and oxygen atoms in total. The van der Waals surface area contributed by atoms with Crippen LogP contribution in [0.4, 0.5) is 10.7 Å². The van der Waals surface area contributed by atoms with Gasteiger partial charge in [0.15, 0.2) is 5.11 Å². The molecular weight excluding hydrogens is 466 g/mol. The van der Waals surface area contributed by atoms with Crippen molar-refractivity contribution >= 4 is 51.2 Å². The molecule has 2 aromatic carbocycles. The first-order valence-corrected chi connectivity index (χ1v) is 12.5. The molecule has 1 aromatic heterocycles. The lowest BCUT2D eigenvalue weighted by molar-refractivity contribution is 0.0528. The first-order valence-electron chi connectivity index (χ1n) is 11.3. The lowest BCUT2D eigenvalue weighted by atomic mass is 10.0. The summed E-state index contributed by atoms with van der Waals surface area (Å²) in [5, 5.41) is 7.30. The second-order valence-electron chi connectivity index (χ2n) is 7.98. The van der Waals surface area contributed by atoms with Crippen LogP contribution in [0.3, 0.4) is 0 Å². The van der Waals surface area contributed by atoms with Gasteiger partial charge in [-0.2, -0.15) is 0 Å². The van der Waals surface area contributed by atoms with Crippen LogP contribution in [0.15, 0.2) is 54.6 Å². The van der Waals surface area contributed by atoms with Gasteiger partial charge >= 0.3 is 5.97 Å². The van der Waals surface area contributed by atoms with Crippen LogP contribution in [-0.4, -0.2) is 41.6 Å². The molecule has 0 unspecified atom stereocenters. The van der Waals surface area contributed by atoms with E-state index in [1.165, 1.54) is 11.3 Å². The van der Waals surface area contributed by atoms with Crippen LogP contribution in [0.1, 0.15) is 45.4 Å². The van der Waals surface area contributed by atoms with Gasteiger partial charge in [0, 0.05) is 34.8 Å². The van der Waals surface area contributed by atoms with E-state index in [1.807, 2.05) is 54.3 Å². The molecule has 8 heteroatoms. The highest BCUT2D eigenvalue weighted by Gasteiger charge is 2.25. The smallest absolute Gasteiger partial charge is 0.341 e. The Morgan fingerprint density at radius 3 is 2.35 bits per heavy atom. The lowest BCUT2D eigenvalue weighted by Crippen LogP contribution is -2.27. The number of hydrogen-bond acceptors (Lipinski definition) is 5. The SMILES string of the molecule is CCOC(=O)c1c(NC(=S)Nc2ccc(C(=O)N3CCCC3)cc2)sc(C)c1-c1ccccc1. The van der Waals surface area contributed by atoms with Crippen molar-refractivity contribution in [2.45, 2.75) is 26.7 Å². The highest BCUT2D eigenvalue weighted by atomic mass is 32.1. The second-order valence-corrected chi connectivity index (χ2v) is 9.61. The van der Waals surface area contributed by atoms with E-state index in [0.717, 1.165) is 47.6 Å². The maximum atomic E-state index is 12.9. The molecule has 2 heterocycles. The lowest BCUT2D eigenvalue weighted by Gasteiger charge is -2.16. The molecule has 1 amide bonds. The average Bonchev–Trinajstić information content (AvgIpc) is 3.48. The summed E-state index contributed by atoms with van der Waals surface area (Å²) in [6, 6.07) is 17.1. The van der Waals surface area contributed by atoms with Gasteiger partial charge in [0.2, 0.25) is 0 Å². The minimum atomic E-state index is -0.388. The van der Waals surface area contributed by atoms with E-state index < -0.39 is 0 Å². The van der Waals surface area contributed by atoms with Gasteiger partial charge in [0.25, 0.3) is 5.91 Å². The second kappa shape index (κ2) is 10.8. The number of ether oxygens (including phenoxy) is 1. The predicted octanol–water partition coefficient (Wildman–Crippen LogP) is 5.95. The highest BCUT2D eigenvalue weighted by Crippen LogP contribution is 2.40. The van der Waals surface area contributed by atoms with E-state index in [4.69, 9.17) is 17.0 Å². The number of nitrogens with one attached hydrogen (secondary N) is 2. The molecule has 2 N–H and O–H groups in total. The van der Waals surface area contributed by atoms with Gasteiger partial charge in [-0.05, 0) is 68.7 Å². The highest BCUT2D eigenvalue weighted by molar-refractivity contribution is 7.80. The largest absolute Gasteiger partial charge is 0.462 e. The van der Waals surface area contributed by atoms with Crippen LogP contribution in [0.5, 0.6) is 0 Å². The van der Waals surface area contributed by atoms with Gasteiger partial charge in [-0.3, -0.25) is 4.79 Å². The summed E-state index contributed by atoms with van der Waals surface area (Å²) >= 11 is 6.99. The number of likely N-dealkylation sites (tertiary alicyclic amines) is 1. The Labute approximate surface area is 208 Å². The molecule has 0 spiro atoms. The number of nitrogens with zero attached hydrogens (tertiary/aromatic N) is 1. The van der Waals surface area contributed by atoms with Crippen molar-refractivity contribution in [1.82, 2.24) is 4.90 Å². The fourth-order valence-electron chi connectivity index (χ4n) is 4.05. The molecule has 34 heavy (non-hydrogen) atoms. The minimum absolute atomic E-state index is 0.0614. The van der Waals surface area contributed by atoms with E-state index in [-0.39, 0.29) is 18.5 Å². The zero-order valence-corrected chi connectivity index (χ0v) is 20.9. The van der Waals surface area contributed by atoms with E-state index in [1.54, 1.807) is 19.1 Å². The number of thiocarbonyl (C=S) groups is 1. The van der Waals surface area contributed by atoms with E-state index in [2.05, 4.69) is 10.6 Å².